The van der Waals surface area contributed by atoms with Crippen molar-refractivity contribution >= 4 is 57.7 Å². The summed E-state index contributed by atoms with van der Waals surface area (Å²) in [6.45, 7) is 1.24. The largest absolute Gasteiger partial charge is 0.477 e. The zero-order valence-electron chi connectivity index (χ0n) is 16.9. The molecular formula is C18H19N5O7S2. The van der Waals surface area contributed by atoms with E-state index in [-0.39, 0.29) is 28.8 Å². The van der Waals surface area contributed by atoms with E-state index in [1.54, 1.807) is 0 Å². The Hall–Kier alpha value is -3.39. The molecule has 0 spiro atoms. The highest BCUT2D eigenvalue weighted by molar-refractivity contribution is 8.03. The first-order chi connectivity index (χ1) is 15.2. The standard InChI is InChI=1S/C18H19N5O7S2/c1-8(24)30-5-3-4-11-14(17(27)28)23-10(7-31-11)13(16(23)26)21-15(25)12(22-29-2)9-6-32-18(19)20-9/h3-4,6,10,13H,5,7H2,1-2H3,(H2,19,20)(H,21,25)(H,27,28)/b4-3+,22-12?/t10-,13+/m1/s1. The van der Waals surface area contributed by atoms with E-state index < -0.39 is 35.8 Å². The van der Waals surface area contributed by atoms with Gasteiger partial charge in [0.05, 0.1) is 6.04 Å². The van der Waals surface area contributed by atoms with Crippen molar-refractivity contribution in [2.75, 3.05) is 25.2 Å². The number of aromatic nitrogens is 1. The summed E-state index contributed by atoms with van der Waals surface area (Å²) in [6.07, 6.45) is 2.98. The number of oxime groups is 1. The SMILES string of the molecule is CON=C(C(=O)N[C@@H]1C(=O)N2C(C(=O)O)=C(/C=C/COC(C)=O)SC[C@H]12)c1csc(N)n1. The molecule has 12 nitrogen and oxygen atoms in total. The molecule has 1 aromatic rings. The van der Waals surface area contributed by atoms with Gasteiger partial charge in [-0.3, -0.25) is 19.3 Å². The summed E-state index contributed by atoms with van der Waals surface area (Å²) in [6, 6.07) is -1.49. The molecule has 0 bridgehead atoms. The van der Waals surface area contributed by atoms with E-state index in [9.17, 15) is 24.3 Å². The predicted octanol–water partition coefficient (Wildman–Crippen LogP) is -0.0663. The average molecular weight is 482 g/mol. The molecule has 2 aliphatic heterocycles. The quantitative estimate of drug-likeness (QED) is 0.197. The number of nitrogens with zero attached hydrogens (tertiary/aromatic N) is 3. The van der Waals surface area contributed by atoms with Gasteiger partial charge in [-0.1, -0.05) is 5.16 Å². The van der Waals surface area contributed by atoms with Crippen LogP contribution in [0, 0.1) is 0 Å². The molecule has 1 fully saturated rings. The van der Waals surface area contributed by atoms with Gasteiger partial charge in [-0.05, 0) is 12.2 Å². The number of allylic oxidation sites excluding steroid dienone is 1. The van der Waals surface area contributed by atoms with Crippen molar-refractivity contribution in [1.82, 2.24) is 15.2 Å². The average Bonchev–Trinajstić information content (AvgIpc) is 3.17. The fraction of sp³-hybridized carbons (Fsp3) is 0.333. The second-order valence-electron chi connectivity index (χ2n) is 6.45. The van der Waals surface area contributed by atoms with Gasteiger partial charge in [0.1, 0.15) is 31.1 Å². The maximum atomic E-state index is 12.7. The van der Waals surface area contributed by atoms with E-state index in [4.69, 9.17) is 15.3 Å². The number of amides is 2. The maximum absolute atomic E-state index is 12.7. The van der Waals surface area contributed by atoms with Crippen molar-refractivity contribution in [1.29, 1.82) is 0 Å². The molecule has 4 N–H and O–H groups in total. The number of fused-ring (bicyclic) bond motifs is 1. The summed E-state index contributed by atoms with van der Waals surface area (Å²) < 4.78 is 4.79. The molecule has 0 unspecified atom stereocenters. The number of β-lactam (4-membered cyclic amide) rings is 1. The lowest BCUT2D eigenvalue weighted by molar-refractivity contribution is -0.153. The highest BCUT2D eigenvalue weighted by atomic mass is 32.2. The lowest BCUT2D eigenvalue weighted by Gasteiger charge is -2.49. The molecule has 2 aliphatic rings. The zero-order chi connectivity index (χ0) is 23.4. The smallest absolute Gasteiger partial charge is 0.353 e. The number of ether oxygens (including phenoxy) is 1. The van der Waals surface area contributed by atoms with Crippen LogP contribution in [-0.2, 0) is 28.8 Å². The van der Waals surface area contributed by atoms with Crippen LogP contribution in [0.4, 0.5) is 5.13 Å². The van der Waals surface area contributed by atoms with Crippen LogP contribution in [0.2, 0.25) is 0 Å². The Morgan fingerprint density at radius 2 is 2.22 bits per heavy atom. The Morgan fingerprint density at radius 1 is 1.47 bits per heavy atom. The van der Waals surface area contributed by atoms with Crippen molar-refractivity contribution in [3.8, 4) is 0 Å². The number of aliphatic carboxylic acids is 1. The first-order valence-electron chi connectivity index (χ1n) is 9.11. The minimum Gasteiger partial charge on any atom is -0.477 e. The molecule has 2 atom stereocenters. The van der Waals surface area contributed by atoms with Crippen molar-refractivity contribution in [2.24, 2.45) is 5.16 Å². The number of nitrogen functional groups attached to an aromatic ring is 1. The molecule has 1 saturated heterocycles. The van der Waals surface area contributed by atoms with Gasteiger partial charge in [0, 0.05) is 23.0 Å². The van der Waals surface area contributed by atoms with Crippen LogP contribution in [0.25, 0.3) is 0 Å². The molecule has 32 heavy (non-hydrogen) atoms. The fourth-order valence-corrected chi connectivity index (χ4v) is 4.82. The number of carbonyl (C=O) groups is 4. The molecule has 14 heteroatoms. The number of hydrogen-bond donors (Lipinski definition) is 3. The molecule has 1 aromatic heterocycles. The van der Waals surface area contributed by atoms with Crippen molar-refractivity contribution in [2.45, 2.75) is 19.0 Å². The summed E-state index contributed by atoms with van der Waals surface area (Å²) in [5, 5.41) is 17.7. The van der Waals surface area contributed by atoms with Gasteiger partial charge in [0.15, 0.2) is 10.8 Å². The minimum absolute atomic E-state index is 0.0227. The van der Waals surface area contributed by atoms with Gasteiger partial charge in [-0.25, -0.2) is 9.78 Å². The maximum Gasteiger partial charge on any atom is 0.353 e. The van der Waals surface area contributed by atoms with Crippen molar-refractivity contribution < 1.29 is 33.9 Å². The normalized spacial score (nSPS) is 20.6. The van der Waals surface area contributed by atoms with Crippen LogP contribution >= 0.6 is 23.1 Å². The molecule has 170 valence electrons. The third-order valence-electron chi connectivity index (χ3n) is 4.41. The molecule has 0 aromatic carbocycles. The number of carboxylic acid groups (broad SMARTS) is 1. The van der Waals surface area contributed by atoms with E-state index in [1.807, 2.05) is 0 Å². The van der Waals surface area contributed by atoms with Crippen molar-refractivity contribution in [3.05, 3.63) is 33.8 Å². The third-order valence-corrected chi connectivity index (χ3v) is 6.23. The predicted molar refractivity (Wildman–Crippen MR) is 116 cm³/mol. The number of nitrogens with one attached hydrogen (secondary N) is 1. The number of anilines is 1. The highest BCUT2D eigenvalue weighted by Gasteiger charge is 2.53. The molecule has 0 radical (unpaired) electrons. The van der Waals surface area contributed by atoms with Crippen LogP contribution in [0.3, 0.4) is 0 Å². The van der Waals surface area contributed by atoms with Crippen LogP contribution in [0.5, 0.6) is 0 Å². The number of carbonyl (C=O) groups excluding carboxylic acids is 3. The van der Waals surface area contributed by atoms with Gasteiger partial charge in [0.25, 0.3) is 11.8 Å². The second kappa shape index (κ2) is 9.82. The summed E-state index contributed by atoms with van der Waals surface area (Å²) >= 11 is 2.33. The van der Waals surface area contributed by atoms with Crippen LogP contribution in [0.15, 0.2) is 33.3 Å². The Bertz CT molecular complexity index is 1050. The topological polar surface area (TPSA) is 174 Å². The number of esters is 1. The fourth-order valence-electron chi connectivity index (χ4n) is 3.07. The monoisotopic (exact) mass is 481 g/mol. The van der Waals surface area contributed by atoms with E-state index in [2.05, 4.69) is 15.5 Å². The summed E-state index contributed by atoms with van der Waals surface area (Å²) in [7, 11) is 1.26. The number of carboxylic acids is 1. The summed E-state index contributed by atoms with van der Waals surface area (Å²) in [5.74, 6) is -2.67. The molecule has 3 heterocycles. The van der Waals surface area contributed by atoms with E-state index >= 15 is 0 Å². The van der Waals surface area contributed by atoms with Crippen molar-refractivity contribution in [3.63, 3.8) is 0 Å². The number of nitrogens with two attached hydrogens (primary N) is 1. The second-order valence-corrected chi connectivity index (χ2v) is 8.41. The van der Waals surface area contributed by atoms with E-state index in [0.717, 1.165) is 16.2 Å². The number of thiazole rings is 1. The van der Waals surface area contributed by atoms with E-state index in [1.165, 1.54) is 43.3 Å². The van der Waals surface area contributed by atoms with Gasteiger partial charge in [0.2, 0.25) is 0 Å². The summed E-state index contributed by atoms with van der Waals surface area (Å²) in [5.41, 5.74) is 5.45. The number of rotatable bonds is 8. The first kappa shape index (κ1) is 23.3. The van der Waals surface area contributed by atoms with Crippen LogP contribution < -0.4 is 11.1 Å². The molecule has 3 rings (SSSR count). The molecule has 0 saturated carbocycles. The lowest BCUT2D eigenvalue weighted by Crippen LogP contribution is -2.73. The zero-order valence-corrected chi connectivity index (χ0v) is 18.6. The molecule has 2 amide bonds. The van der Waals surface area contributed by atoms with Gasteiger partial charge in [-0.2, -0.15) is 0 Å². The lowest BCUT2D eigenvalue weighted by atomic mass is 9.94. The Morgan fingerprint density at radius 3 is 2.81 bits per heavy atom. The van der Waals surface area contributed by atoms with Gasteiger partial charge >= 0.3 is 11.9 Å². The third kappa shape index (κ3) is 4.75. The molecular weight excluding hydrogens is 462 g/mol. The van der Waals surface area contributed by atoms with Crippen LogP contribution in [0.1, 0.15) is 12.6 Å². The number of thioether (sulfide) groups is 1. The number of hydrogen-bond acceptors (Lipinski definition) is 11. The van der Waals surface area contributed by atoms with Crippen LogP contribution in [-0.4, -0.2) is 76.0 Å². The highest BCUT2D eigenvalue weighted by Crippen LogP contribution is 2.39. The minimum atomic E-state index is -1.29. The Balaban J connectivity index is 1.75. The van der Waals surface area contributed by atoms with E-state index in [0.29, 0.717) is 10.7 Å². The summed E-state index contributed by atoms with van der Waals surface area (Å²) in [4.78, 5) is 58.3. The Kier molecular flexibility index (Phi) is 7.15. The molecule has 0 aliphatic carbocycles. The van der Waals surface area contributed by atoms with Gasteiger partial charge < -0.3 is 25.7 Å². The Labute approximate surface area is 190 Å². The van der Waals surface area contributed by atoms with Gasteiger partial charge in [-0.15, -0.1) is 23.1 Å². The first-order valence-corrected chi connectivity index (χ1v) is 11.0.